The number of carbonyl (C=O) groups is 1. The van der Waals surface area contributed by atoms with E-state index >= 15 is 0 Å². The number of aryl methyl sites for hydroxylation is 2. The van der Waals surface area contributed by atoms with E-state index < -0.39 is 5.97 Å². The Bertz CT molecular complexity index is 518. The monoisotopic (exact) mass is 276 g/mol. The fraction of sp³-hybridized carbons (Fsp3) is 0.625. The van der Waals surface area contributed by atoms with E-state index in [1.54, 1.807) is 0 Å². The summed E-state index contributed by atoms with van der Waals surface area (Å²) < 4.78 is 0. The van der Waals surface area contributed by atoms with Crippen LogP contribution in [-0.4, -0.2) is 29.7 Å². The van der Waals surface area contributed by atoms with Crippen LogP contribution < -0.4 is 4.90 Å². The Hall–Kier alpha value is -1.58. The maximum atomic E-state index is 11.5. The molecule has 1 aliphatic carbocycles. The van der Waals surface area contributed by atoms with Crippen molar-refractivity contribution in [1.29, 1.82) is 0 Å². The number of fused-ring (bicyclic) bond motifs is 1. The zero-order valence-corrected chi connectivity index (χ0v) is 12.9. The molecule has 0 radical (unpaired) electrons. The zero-order chi connectivity index (χ0) is 14.9. The molecule has 0 saturated carbocycles. The average molecular weight is 276 g/mol. The normalized spacial score (nSPS) is 14.8. The molecule has 0 aromatic carbocycles. The van der Waals surface area contributed by atoms with Gasteiger partial charge in [0.25, 0.3) is 0 Å². The standard InChI is InChI=1S/C16H24N2O2/c1-16(2,3)10-18(4)14-12(15(19)20)9-11-7-5-6-8-13(11)17-14/h9H,5-8,10H2,1-4H3,(H,19,20). The van der Waals surface area contributed by atoms with E-state index in [1.165, 1.54) is 0 Å². The van der Waals surface area contributed by atoms with Crippen LogP contribution in [0.1, 0.15) is 55.2 Å². The summed E-state index contributed by atoms with van der Waals surface area (Å²) in [7, 11) is 1.93. The van der Waals surface area contributed by atoms with Gasteiger partial charge in [0.1, 0.15) is 11.4 Å². The maximum Gasteiger partial charge on any atom is 0.339 e. The number of rotatable bonds is 3. The van der Waals surface area contributed by atoms with E-state index in [0.717, 1.165) is 43.5 Å². The second-order valence-corrected chi connectivity index (χ2v) is 6.89. The molecule has 0 fully saturated rings. The average Bonchev–Trinajstić information content (AvgIpc) is 2.35. The molecule has 1 N–H and O–H groups in total. The van der Waals surface area contributed by atoms with Crippen LogP contribution in [0.3, 0.4) is 0 Å². The van der Waals surface area contributed by atoms with Crippen LogP contribution >= 0.6 is 0 Å². The lowest BCUT2D eigenvalue weighted by Crippen LogP contribution is -2.31. The molecule has 0 amide bonds. The van der Waals surface area contributed by atoms with Crippen molar-refractivity contribution in [2.75, 3.05) is 18.5 Å². The maximum absolute atomic E-state index is 11.5. The van der Waals surface area contributed by atoms with Crippen molar-refractivity contribution < 1.29 is 9.90 Å². The number of carboxylic acid groups (broad SMARTS) is 1. The van der Waals surface area contributed by atoms with Crippen LogP contribution in [0.25, 0.3) is 0 Å². The first-order valence-electron chi connectivity index (χ1n) is 7.25. The summed E-state index contributed by atoms with van der Waals surface area (Å²) in [6.07, 6.45) is 4.19. The Kier molecular flexibility index (Phi) is 4.02. The number of hydrogen-bond acceptors (Lipinski definition) is 3. The summed E-state index contributed by atoms with van der Waals surface area (Å²) in [5, 5.41) is 9.45. The lowest BCUT2D eigenvalue weighted by Gasteiger charge is -2.29. The third-order valence-electron chi connectivity index (χ3n) is 3.58. The van der Waals surface area contributed by atoms with Crippen molar-refractivity contribution in [2.24, 2.45) is 5.41 Å². The molecule has 0 unspecified atom stereocenters. The van der Waals surface area contributed by atoms with Crippen LogP contribution in [0.4, 0.5) is 5.82 Å². The van der Waals surface area contributed by atoms with E-state index in [-0.39, 0.29) is 5.41 Å². The molecule has 0 saturated heterocycles. The SMILES string of the molecule is CN(CC(C)(C)C)c1nc2c(cc1C(=O)O)CCCC2. The molecule has 4 heteroatoms. The van der Waals surface area contributed by atoms with E-state index in [4.69, 9.17) is 0 Å². The van der Waals surface area contributed by atoms with Crippen LogP contribution in [0.15, 0.2) is 6.07 Å². The second-order valence-electron chi connectivity index (χ2n) is 6.89. The minimum absolute atomic E-state index is 0.0993. The van der Waals surface area contributed by atoms with Crippen LogP contribution in [-0.2, 0) is 12.8 Å². The molecule has 0 bridgehead atoms. The van der Waals surface area contributed by atoms with E-state index in [9.17, 15) is 9.90 Å². The lowest BCUT2D eigenvalue weighted by atomic mass is 9.93. The summed E-state index contributed by atoms with van der Waals surface area (Å²) in [4.78, 5) is 18.1. The summed E-state index contributed by atoms with van der Waals surface area (Å²) in [5.41, 5.74) is 2.62. The van der Waals surface area contributed by atoms with Gasteiger partial charge in [-0.25, -0.2) is 9.78 Å². The molecule has 20 heavy (non-hydrogen) atoms. The van der Waals surface area contributed by atoms with Gasteiger partial charge in [0.2, 0.25) is 0 Å². The molecule has 1 aromatic heterocycles. The number of aromatic carboxylic acids is 1. The number of aromatic nitrogens is 1. The van der Waals surface area contributed by atoms with Gasteiger partial charge in [0, 0.05) is 19.3 Å². The van der Waals surface area contributed by atoms with Crippen molar-refractivity contribution in [1.82, 2.24) is 4.98 Å². The largest absolute Gasteiger partial charge is 0.478 e. The van der Waals surface area contributed by atoms with Gasteiger partial charge in [0.15, 0.2) is 0 Å². The second kappa shape index (κ2) is 5.43. The number of anilines is 1. The predicted molar refractivity (Wildman–Crippen MR) is 80.6 cm³/mol. The first-order chi connectivity index (χ1) is 9.28. The summed E-state index contributed by atoms with van der Waals surface area (Å²) in [6, 6.07) is 1.83. The molecule has 0 aliphatic heterocycles. The minimum atomic E-state index is -0.887. The topological polar surface area (TPSA) is 53.4 Å². The van der Waals surface area contributed by atoms with Crippen molar-refractivity contribution in [3.63, 3.8) is 0 Å². The highest BCUT2D eigenvalue weighted by Crippen LogP contribution is 2.28. The van der Waals surface area contributed by atoms with Crippen molar-refractivity contribution in [3.05, 3.63) is 22.9 Å². The van der Waals surface area contributed by atoms with Gasteiger partial charge >= 0.3 is 5.97 Å². The molecule has 2 rings (SSSR count). The zero-order valence-electron chi connectivity index (χ0n) is 12.9. The van der Waals surface area contributed by atoms with Gasteiger partial charge in [-0.2, -0.15) is 0 Å². The van der Waals surface area contributed by atoms with Crippen LogP contribution in [0.5, 0.6) is 0 Å². The first-order valence-corrected chi connectivity index (χ1v) is 7.25. The highest BCUT2D eigenvalue weighted by atomic mass is 16.4. The summed E-state index contributed by atoms with van der Waals surface area (Å²) >= 11 is 0. The third kappa shape index (κ3) is 3.30. The third-order valence-corrected chi connectivity index (χ3v) is 3.58. The molecule has 1 aliphatic rings. The first kappa shape index (κ1) is 14.8. The summed E-state index contributed by atoms with van der Waals surface area (Å²) in [6.45, 7) is 7.20. The Morgan fingerprint density at radius 2 is 2.00 bits per heavy atom. The van der Waals surface area contributed by atoms with Gasteiger partial charge in [0.05, 0.1) is 0 Å². The highest BCUT2D eigenvalue weighted by molar-refractivity contribution is 5.93. The van der Waals surface area contributed by atoms with Crippen LogP contribution in [0, 0.1) is 5.41 Å². The van der Waals surface area contributed by atoms with Gasteiger partial charge in [-0.3, -0.25) is 0 Å². The Morgan fingerprint density at radius 1 is 1.35 bits per heavy atom. The molecular formula is C16H24N2O2. The fourth-order valence-corrected chi connectivity index (χ4v) is 2.86. The lowest BCUT2D eigenvalue weighted by molar-refractivity contribution is 0.0697. The van der Waals surface area contributed by atoms with Crippen molar-refractivity contribution in [3.8, 4) is 0 Å². The minimum Gasteiger partial charge on any atom is -0.478 e. The van der Waals surface area contributed by atoms with Gasteiger partial charge in [-0.05, 0) is 42.7 Å². The number of pyridine rings is 1. The fourth-order valence-electron chi connectivity index (χ4n) is 2.86. The quantitative estimate of drug-likeness (QED) is 0.921. The molecule has 4 nitrogen and oxygen atoms in total. The predicted octanol–water partition coefficient (Wildman–Crippen LogP) is 3.14. The molecule has 0 spiro atoms. The Labute approximate surface area is 120 Å². The van der Waals surface area contributed by atoms with E-state index in [1.807, 2.05) is 18.0 Å². The number of hydrogen-bond donors (Lipinski definition) is 1. The van der Waals surface area contributed by atoms with Gasteiger partial charge in [-0.1, -0.05) is 20.8 Å². The van der Waals surface area contributed by atoms with Crippen molar-refractivity contribution in [2.45, 2.75) is 46.5 Å². The Balaban J connectivity index is 2.42. The van der Waals surface area contributed by atoms with Crippen molar-refractivity contribution >= 4 is 11.8 Å². The molecule has 110 valence electrons. The number of carboxylic acids is 1. The van der Waals surface area contributed by atoms with Gasteiger partial charge < -0.3 is 10.0 Å². The van der Waals surface area contributed by atoms with Gasteiger partial charge in [-0.15, -0.1) is 0 Å². The van der Waals surface area contributed by atoms with Crippen LogP contribution in [0.2, 0.25) is 0 Å². The Morgan fingerprint density at radius 3 is 2.60 bits per heavy atom. The molecule has 1 heterocycles. The summed E-state index contributed by atoms with van der Waals surface area (Å²) in [5.74, 6) is -0.283. The molecular weight excluding hydrogens is 252 g/mol. The molecule has 0 atom stereocenters. The smallest absolute Gasteiger partial charge is 0.339 e. The highest BCUT2D eigenvalue weighted by Gasteiger charge is 2.23. The molecule has 1 aromatic rings. The van der Waals surface area contributed by atoms with E-state index in [0.29, 0.717) is 11.4 Å². The number of nitrogens with zero attached hydrogens (tertiary/aromatic N) is 2. The van der Waals surface area contributed by atoms with E-state index in [2.05, 4.69) is 25.8 Å².